The van der Waals surface area contributed by atoms with Gasteiger partial charge in [0.1, 0.15) is 0 Å². The van der Waals surface area contributed by atoms with Gasteiger partial charge in [-0.1, -0.05) is 0 Å². The molecule has 0 radical (unpaired) electrons. The maximum atomic E-state index is 4.93. The van der Waals surface area contributed by atoms with Crippen molar-refractivity contribution in [1.82, 2.24) is 5.06 Å². The molecule has 1 saturated carbocycles. The van der Waals surface area contributed by atoms with Crippen molar-refractivity contribution in [2.75, 3.05) is 20.7 Å². The molecular formula is C6H13NO. The Kier molecular flexibility index (Phi) is 1.86. The maximum absolute atomic E-state index is 4.93. The summed E-state index contributed by atoms with van der Waals surface area (Å²) >= 11 is 0. The van der Waals surface area contributed by atoms with Crippen LogP contribution in [0.25, 0.3) is 0 Å². The first-order valence-electron chi connectivity index (χ1n) is 3.08. The monoisotopic (exact) mass is 115 g/mol. The summed E-state index contributed by atoms with van der Waals surface area (Å²) in [6.07, 6.45) is 2.79. The molecule has 0 aliphatic heterocycles. The first-order chi connectivity index (χ1) is 3.83. The van der Waals surface area contributed by atoms with Gasteiger partial charge < -0.3 is 4.84 Å². The van der Waals surface area contributed by atoms with Gasteiger partial charge >= 0.3 is 0 Å². The molecule has 1 rings (SSSR count). The van der Waals surface area contributed by atoms with E-state index in [1.54, 1.807) is 7.11 Å². The van der Waals surface area contributed by atoms with Crippen LogP contribution in [-0.4, -0.2) is 25.8 Å². The standard InChI is InChI=1S/C6H13NO/c1-7(8-2)5-6-3-4-6/h6H,3-5H2,1-2H3. The van der Waals surface area contributed by atoms with E-state index >= 15 is 0 Å². The van der Waals surface area contributed by atoms with Crippen molar-refractivity contribution in [1.29, 1.82) is 0 Å². The fraction of sp³-hybridized carbons (Fsp3) is 1.00. The van der Waals surface area contributed by atoms with E-state index in [4.69, 9.17) is 4.84 Å². The molecule has 0 heterocycles. The molecule has 0 aromatic heterocycles. The summed E-state index contributed by atoms with van der Waals surface area (Å²) in [4.78, 5) is 4.93. The second kappa shape index (κ2) is 2.46. The normalized spacial score (nSPS) is 19.9. The van der Waals surface area contributed by atoms with Gasteiger partial charge in [0.15, 0.2) is 0 Å². The van der Waals surface area contributed by atoms with Crippen LogP contribution in [0, 0.1) is 5.92 Å². The molecule has 1 aliphatic rings. The molecular weight excluding hydrogens is 102 g/mol. The quantitative estimate of drug-likeness (QED) is 0.506. The molecule has 0 unspecified atom stereocenters. The zero-order valence-corrected chi connectivity index (χ0v) is 5.55. The van der Waals surface area contributed by atoms with Crippen LogP contribution in [0.2, 0.25) is 0 Å². The van der Waals surface area contributed by atoms with Crippen molar-refractivity contribution >= 4 is 0 Å². The van der Waals surface area contributed by atoms with Gasteiger partial charge in [0.05, 0.1) is 7.11 Å². The van der Waals surface area contributed by atoms with Gasteiger partial charge in [0.25, 0.3) is 0 Å². The highest BCUT2D eigenvalue weighted by Gasteiger charge is 2.22. The van der Waals surface area contributed by atoms with Crippen molar-refractivity contribution in [2.45, 2.75) is 12.8 Å². The molecule has 0 saturated heterocycles. The van der Waals surface area contributed by atoms with E-state index in [0.717, 1.165) is 12.5 Å². The maximum Gasteiger partial charge on any atom is 0.0575 e. The smallest absolute Gasteiger partial charge is 0.0575 e. The predicted molar refractivity (Wildman–Crippen MR) is 32.4 cm³/mol. The summed E-state index contributed by atoms with van der Waals surface area (Å²) in [5.74, 6) is 0.931. The molecule has 1 aliphatic carbocycles. The Morgan fingerprint density at radius 3 is 2.62 bits per heavy atom. The lowest BCUT2D eigenvalue weighted by Gasteiger charge is -2.11. The Bertz CT molecular complexity index is 70.9. The van der Waals surface area contributed by atoms with E-state index in [2.05, 4.69) is 0 Å². The van der Waals surface area contributed by atoms with E-state index in [1.807, 2.05) is 12.1 Å². The molecule has 8 heavy (non-hydrogen) atoms. The SMILES string of the molecule is CON(C)CC1CC1. The summed E-state index contributed by atoms with van der Waals surface area (Å²) in [6, 6.07) is 0. The van der Waals surface area contributed by atoms with E-state index in [1.165, 1.54) is 12.8 Å². The van der Waals surface area contributed by atoms with Gasteiger partial charge in [-0.05, 0) is 18.8 Å². The zero-order chi connectivity index (χ0) is 5.98. The molecule has 0 aromatic carbocycles. The van der Waals surface area contributed by atoms with Crippen LogP contribution in [0.4, 0.5) is 0 Å². The minimum atomic E-state index is 0.931. The average molecular weight is 115 g/mol. The number of rotatable bonds is 3. The summed E-state index contributed by atoms with van der Waals surface area (Å²) in [7, 11) is 3.68. The Morgan fingerprint density at radius 2 is 2.25 bits per heavy atom. The van der Waals surface area contributed by atoms with E-state index in [9.17, 15) is 0 Å². The predicted octanol–water partition coefficient (Wildman–Crippen LogP) is 0.890. The van der Waals surface area contributed by atoms with E-state index < -0.39 is 0 Å². The summed E-state index contributed by atoms with van der Waals surface area (Å²) < 4.78 is 0. The van der Waals surface area contributed by atoms with Crippen LogP contribution in [-0.2, 0) is 4.84 Å². The second-order valence-corrected chi connectivity index (χ2v) is 2.44. The largest absolute Gasteiger partial charge is 0.303 e. The van der Waals surface area contributed by atoms with Crippen LogP contribution in [0.15, 0.2) is 0 Å². The minimum absolute atomic E-state index is 0.931. The highest BCUT2D eigenvalue weighted by molar-refractivity contribution is 4.73. The minimum Gasteiger partial charge on any atom is -0.303 e. The van der Waals surface area contributed by atoms with Crippen molar-refractivity contribution < 1.29 is 4.84 Å². The lowest BCUT2D eigenvalue weighted by atomic mass is 10.4. The summed E-state index contributed by atoms with van der Waals surface area (Å²) in [6.45, 7) is 1.11. The van der Waals surface area contributed by atoms with Crippen LogP contribution >= 0.6 is 0 Å². The van der Waals surface area contributed by atoms with Gasteiger partial charge in [-0.25, -0.2) is 0 Å². The molecule has 1 fully saturated rings. The Hall–Kier alpha value is -0.0800. The Morgan fingerprint density at radius 1 is 1.62 bits per heavy atom. The molecule has 0 amide bonds. The highest BCUT2D eigenvalue weighted by Crippen LogP contribution is 2.29. The van der Waals surface area contributed by atoms with Crippen molar-refractivity contribution in [2.24, 2.45) is 5.92 Å². The third-order valence-electron chi connectivity index (χ3n) is 1.52. The van der Waals surface area contributed by atoms with Gasteiger partial charge in [-0.3, -0.25) is 0 Å². The summed E-state index contributed by atoms with van der Waals surface area (Å²) in [5.41, 5.74) is 0. The second-order valence-electron chi connectivity index (χ2n) is 2.44. The third-order valence-corrected chi connectivity index (χ3v) is 1.52. The van der Waals surface area contributed by atoms with Crippen LogP contribution in [0.3, 0.4) is 0 Å². The van der Waals surface area contributed by atoms with Crippen LogP contribution in [0.5, 0.6) is 0 Å². The Balaban J connectivity index is 1.98. The lowest BCUT2D eigenvalue weighted by molar-refractivity contribution is -0.111. The topological polar surface area (TPSA) is 12.5 Å². The first kappa shape index (κ1) is 6.05. The fourth-order valence-corrected chi connectivity index (χ4v) is 0.739. The number of hydrogen-bond acceptors (Lipinski definition) is 2. The van der Waals surface area contributed by atoms with E-state index in [-0.39, 0.29) is 0 Å². The third kappa shape index (κ3) is 1.80. The summed E-state index contributed by atoms with van der Waals surface area (Å²) in [5, 5.41) is 1.89. The first-order valence-corrected chi connectivity index (χ1v) is 3.08. The van der Waals surface area contributed by atoms with Gasteiger partial charge in [-0.2, -0.15) is 5.06 Å². The van der Waals surface area contributed by atoms with Crippen LogP contribution < -0.4 is 0 Å². The lowest BCUT2D eigenvalue weighted by Crippen LogP contribution is -2.18. The molecule has 0 bridgehead atoms. The number of hydrogen-bond donors (Lipinski definition) is 0. The number of nitrogens with zero attached hydrogens (tertiary/aromatic N) is 1. The molecule has 0 spiro atoms. The fourth-order valence-electron chi connectivity index (χ4n) is 0.739. The van der Waals surface area contributed by atoms with Gasteiger partial charge in [0.2, 0.25) is 0 Å². The molecule has 0 N–H and O–H groups in total. The molecule has 48 valence electrons. The van der Waals surface area contributed by atoms with Crippen molar-refractivity contribution in [3.63, 3.8) is 0 Å². The molecule has 2 nitrogen and oxygen atoms in total. The zero-order valence-electron chi connectivity index (χ0n) is 5.55. The molecule has 0 aromatic rings. The van der Waals surface area contributed by atoms with Crippen molar-refractivity contribution in [3.8, 4) is 0 Å². The van der Waals surface area contributed by atoms with Crippen molar-refractivity contribution in [3.05, 3.63) is 0 Å². The molecule has 0 atom stereocenters. The molecule has 2 heteroatoms. The van der Waals surface area contributed by atoms with Gasteiger partial charge in [0, 0.05) is 13.6 Å². The van der Waals surface area contributed by atoms with E-state index in [0.29, 0.717) is 0 Å². The average Bonchev–Trinajstić information content (AvgIpc) is 2.50. The Labute approximate surface area is 50.4 Å². The van der Waals surface area contributed by atoms with Crippen LogP contribution in [0.1, 0.15) is 12.8 Å². The highest BCUT2D eigenvalue weighted by atomic mass is 16.7. The number of hydroxylamine groups is 2. The van der Waals surface area contributed by atoms with Gasteiger partial charge in [-0.15, -0.1) is 0 Å².